The predicted octanol–water partition coefficient (Wildman–Crippen LogP) is 3.86. The first-order valence-corrected chi connectivity index (χ1v) is 8.76. The summed E-state index contributed by atoms with van der Waals surface area (Å²) in [6.07, 6.45) is 2.30. The van der Waals surface area contributed by atoms with E-state index in [2.05, 4.69) is 17.0 Å². The lowest BCUT2D eigenvalue weighted by molar-refractivity contribution is 0.104. The van der Waals surface area contributed by atoms with Gasteiger partial charge in [-0.15, -0.1) is 0 Å². The molecular formula is C20H19N3O2. The number of fused-ring (bicyclic) bond motifs is 2. The molecule has 1 aliphatic carbocycles. The Morgan fingerprint density at radius 2 is 1.92 bits per heavy atom. The smallest absolute Gasteiger partial charge is 0.196 e. The van der Waals surface area contributed by atoms with Crippen molar-refractivity contribution in [1.29, 1.82) is 0 Å². The van der Waals surface area contributed by atoms with Crippen LogP contribution in [0, 0.1) is 5.92 Å². The highest BCUT2D eigenvalue weighted by molar-refractivity contribution is 6.28. The Kier molecular flexibility index (Phi) is 2.95. The number of hydrogen-bond acceptors (Lipinski definition) is 5. The van der Waals surface area contributed by atoms with E-state index in [1.807, 2.05) is 30.3 Å². The van der Waals surface area contributed by atoms with Crippen molar-refractivity contribution in [3.8, 4) is 11.3 Å². The van der Waals surface area contributed by atoms with Gasteiger partial charge in [0.05, 0.1) is 16.6 Å². The van der Waals surface area contributed by atoms with Crippen LogP contribution in [-0.4, -0.2) is 24.0 Å². The summed E-state index contributed by atoms with van der Waals surface area (Å²) in [5, 5.41) is 5.10. The molecule has 0 radical (unpaired) electrons. The largest absolute Gasteiger partial charge is 0.398 e. The van der Waals surface area contributed by atoms with Crippen LogP contribution in [0.5, 0.6) is 0 Å². The third-order valence-corrected chi connectivity index (χ3v) is 5.53. The molecule has 0 spiro atoms. The van der Waals surface area contributed by atoms with Gasteiger partial charge in [-0.2, -0.15) is 0 Å². The van der Waals surface area contributed by atoms with E-state index in [1.54, 1.807) is 0 Å². The number of ketones is 1. The Hall–Kier alpha value is -2.82. The summed E-state index contributed by atoms with van der Waals surface area (Å²) in [5.74, 6) is 1.34. The third-order valence-electron chi connectivity index (χ3n) is 5.53. The first kappa shape index (κ1) is 14.5. The maximum atomic E-state index is 13.0. The molecule has 2 aromatic carbocycles. The zero-order valence-electron chi connectivity index (χ0n) is 14.1. The number of piperidine rings is 1. The molecule has 1 fully saturated rings. The van der Waals surface area contributed by atoms with Crippen LogP contribution in [0.1, 0.15) is 35.7 Å². The fourth-order valence-corrected chi connectivity index (χ4v) is 4.06. The van der Waals surface area contributed by atoms with E-state index in [-0.39, 0.29) is 5.78 Å². The SMILES string of the molecule is CC1CCN(c2cc(N)c3c4c(onc24)-c2ccccc2C3=O)CC1. The highest BCUT2D eigenvalue weighted by Gasteiger charge is 2.33. The quantitative estimate of drug-likeness (QED) is 0.536. The van der Waals surface area contributed by atoms with Gasteiger partial charge in [0.25, 0.3) is 0 Å². The number of rotatable bonds is 1. The third kappa shape index (κ3) is 1.95. The van der Waals surface area contributed by atoms with Crippen molar-refractivity contribution in [3.05, 3.63) is 41.5 Å². The molecule has 2 aliphatic rings. The van der Waals surface area contributed by atoms with Crippen LogP contribution >= 0.6 is 0 Å². The summed E-state index contributed by atoms with van der Waals surface area (Å²) in [6.45, 7) is 4.23. The molecule has 1 saturated heterocycles. The first-order chi connectivity index (χ1) is 12.1. The predicted molar refractivity (Wildman–Crippen MR) is 97.9 cm³/mol. The topological polar surface area (TPSA) is 72.4 Å². The van der Waals surface area contributed by atoms with Crippen molar-refractivity contribution in [1.82, 2.24) is 5.16 Å². The molecular weight excluding hydrogens is 314 g/mol. The number of carbonyl (C=O) groups is 1. The van der Waals surface area contributed by atoms with Crippen molar-refractivity contribution in [2.75, 3.05) is 23.7 Å². The molecule has 5 rings (SSSR count). The Morgan fingerprint density at radius 3 is 2.68 bits per heavy atom. The van der Waals surface area contributed by atoms with Gasteiger partial charge in [-0.25, -0.2) is 0 Å². The minimum Gasteiger partial charge on any atom is -0.398 e. The molecule has 126 valence electrons. The summed E-state index contributed by atoms with van der Waals surface area (Å²) >= 11 is 0. The van der Waals surface area contributed by atoms with E-state index in [4.69, 9.17) is 10.3 Å². The molecule has 0 amide bonds. The average Bonchev–Trinajstić information content (AvgIpc) is 3.06. The Balaban J connectivity index is 1.77. The van der Waals surface area contributed by atoms with E-state index in [9.17, 15) is 4.79 Å². The van der Waals surface area contributed by atoms with Gasteiger partial charge >= 0.3 is 0 Å². The minimum atomic E-state index is -0.0485. The van der Waals surface area contributed by atoms with Gasteiger partial charge in [-0.1, -0.05) is 36.3 Å². The number of aromatic nitrogens is 1. The van der Waals surface area contributed by atoms with Crippen molar-refractivity contribution >= 4 is 28.1 Å². The zero-order chi connectivity index (χ0) is 17.1. The molecule has 2 N–H and O–H groups in total. The van der Waals surface area contributed by atoms with Crippen molar-refractivity contribution in [3.63, 3.8) is 0 Å². The Labute approximate surface area is 145 Å². The summed E-state index contributed by atoms with van der Waals surface area (Å²) in [7, 11) is 0. The van der Waals surface area contributed by atoms with E-state index in [0.29, 0.717) is 22.6 Å². The summed E-state index contributed by atoms with van der Waals surface area (Å²) in [5.41, 5.74) is 10.5. The van der Waals surface area contributed by atoms with Crippen LogP contribution in [0.25, 0.3) is 22.2 Å². The lowest BCUT2D eigenvalue weighted by atomic mass is 9.86. The van der Waals surface area contributed by atoms with Gasteiger partial charge in [0.15, 0.2) is 11.5 Å². The average molecular weight is 333 g/mol. The van der Waals surface area contributed by atoms with Crippen LogP contribution in [0.3, 0.4) is 0 Å². The zero-order valence-corrected chi connectivity index (χ0v) is 14.1. The van der Waals surface area contributed by atoms with E-state index in [1.165, 1.54) is 0 Å². The van der Waals surface area contributed by atoms with E-state index < -0.39 is 0 Å². The maximum absolute atomic E-state index is 13.0. The van der Waals surface area contributed by atoms with Crippen LogP contribution < -0.4 is 10.6 Å². The van der Waals surface area contributed by atoms with Crippen LogP contribution in [0.15, 0.2) is 34.9 Å². The molecule has 5 nitrogen and oxygen atoms in total. The second-order valence-electron chi connectivity index (χ2n) is 7.14. The monoisotopic (exact) mass is 333 g/mol. The molecule has 5 heteroatoms. The molecule has 0 bridgehead atoms. The van der Waals surface area contributed by atoms with Crippen LogP contribution in [0.4, 0.5) is 11.4 Å². The molecule has 1 aromatic heterocycles. The van der Waals surface area contributed by atoms with Gasteiger partial charge in [-0.05, 0) is 24.8 Å². The molecule has 0 atom stereocenters. The molecule has 1 aliphatic heterocycles. The minimum absolute atomic E-state index is 0.0485. The number of benzene rings is 2. The van der Waals surface area contributed by atoms with E-state index in [0.717, 1.165) is 54.0 Å². The number of anilines is 2. The summed E-state index contributed by atoms with van der Waals surface area (Å²) < 4.78 is 5.69. The van der Waals surface area contributed by atoms with Gasteiger partial charge in [0.2, 0.25) is 0 Å². The maximum Gasteiger partial charge on any atom is 0.196 e. The number of carbonyl (C=O) groups excluding carboxylic acids is 1. The number of nitrogens with two attached hydrogens (primary N) is 1. The van der Waals surface area contributed by atoms with Gasteiger partial charge in [0.1, 0.15) is 5.52 Å². The normalized spacial score (nSPS) is 17.2. The van der Waals surface area contributed by atoms with Crippen molar-refractivity contribution in [2.24, 2.45) is 5.92 Å². The van der Waals surface area contributed by atoms with Gasteiger partial charge < -0.3 is 15.2 Å². The number of hydrogen-bond donors (Lipinski definition) is 1. The highest BCUT2D eigenvalue weighted by Crippen LogP contribution is 2.45. The lowest BCUT2D eigenvalue weighted by Gasteiger charge is -2.32. The molecule has 0 unspecified atom stereocenters. The summed E-state index contributed by atoms with van der Waals surface area (Å²) in [6, 6.07) is 9.38. The first-order valence-electron chi connectivity index (χ1n) is 8.76. The highest BCUT2D eigenvalue weighted by atomic mass is 16.5. The second kappa shape index (κ2) is 5.09. The fourth-order valence-electron chi connectivity index (χ4n) is 4.06. The number of nitrogens with zero attached hydrogens (tertiary/aromatic N) is 2. The molecule has 25 heavy (non-hydrogen) atoms. The summed E-state index contributed by atoms with van der Waals surface area (Å²) in [4.78, 5) is 15.3. The van der Waals surface area contributed by atoms with Crippen molar-refractivity contribution < 1.29 is 9.32 Å². The molecule has 0 saturated carbocycles. The molecule has 2 heterocycles. The van der Waals surface area contributed by atoms with Crippen LogP contribution in [0.2, 0.25) is 0 Å². The van der Waals surface area contributed by atoms with Crippen molar-refractivity contribution in [2.45, 2.75) is 19.8 Å². The Morgan fingerprint density at radius 1 is 1.20 bits per heavy atom. The second-order valence-corrected chi connectivity index (χ2v) is 7.14. The molecule has 3 aromatic rings. The van der Waals surface area contributed by atoms with Gasteiger partial charge in [-0.3, -0.25) is 4.79 Å². The Bertz CT molecular complexity index is 1010. The van der Waals surface area contributed by atoms with Crippen LogP contribution in [-0.2, 0) is 0 Å². The van der Waals surface area contributed by atoms with E-state index >= 15 is 0 Å². The van der Waals surface area contributed by atoms with Gasteiger partial charge in [0, 0.05) is 29.9 Å². The standard InChI is InChI=1S/C20H19N3O2/c1-11-6-8-23(9-7-11)15-10-14(21)16-17-18(15)22-25-20(17)13-5-3-2-4-12(13)19(16)24/h2-5,10-11H,6-9,21H2,1H3. The lowest BCUT2D eigenvalue weighted by Crippen LogP contribution is -2.33. The number of nitrogen functional groups attached to an aromatic ring is 1. The fraction of sp³-hybridized carbons (Fsp3) is 0.300.